The Kier molecular flexibility index (Phi) is 6.08. The Morgan fingerprint density at radius 3 is 2.12 bits per heavy atom. The minimum absolute atomic E-state index is 0.181. The molecular formula is C20H26N2O3S. The lowest BCUT2D eigenvalue weighted by molar-refractivity contribution is 0.0913. The third-order valence-corrected chi connectivity index (χ3v) is 5.32. The van der Waals surface area contributed by atoms with E-state index in [0.717, 1.165) is 12.0 Å². The fraction of sp³-hybridized carbons (Fsp3) is 0.350. The molecule has 0 saturated carbocycles. The number of hydrogen-bond donors (Lipinski definition) is 1. The number of carbonyl (C=O) groups excluding carboxylic acids is 1. The summed E-state index contributed by atoms with van der Waals surface area (Å²) in [5, 5.41) is 3.04. The molecule has 0 unspecified atom stereocenters. The molecule has 2 aromatic carbocycles. The molecule has 6 heteroatoms. The van der Waals surface area contributed by atoms with Crippen LogP contribution in [-0.4, -0.2) is 32.7 Å². The molecule has 0 heterocycles. The van der Waals surface area contributed by atoms with E-state index in [1.807, 2.05) is 44.2 Å². The summed E-state index contributed by atoms with van der Waals surface area (Å²) in [5.74, 6) is -0.181. The molecule has 2 rings (SSSR count). The smallest absolute Gasteiger partial charge is 0.251 e. The van der Waals surface area contributed by atoms with Gasteiger partial charge < -0.3 is 5.32 Å². The van der Waals surface area contributed by atoms with Crippen molar-refractivity contribution < 1.29 is 13.2 Å². The monoisotopic (exact) mass is 374 g/mol. The second kappa shape index (κ2) is 7.91. The van der Waals surface area contributed by atoms with E-state index in [0.29, 0.717) is 17.8 Å². The van der Waals surface area contributed by atoms with E-state index >= 15 is 0 Å². The molecule has 0 radical (unpaired) electrons. The molecule has 0 spiro atoms. The number of rotatable bonds is 7. The molecule has 0 fully saturated rings. The zero-order valence-electron chi connectivity index (χ0n) is 15.7. The Morgan fingerprint density at radius 1 is 1.04 bits per heavy atom. The third-order valence-electron chi connectivity index (χ3n) is 4.05. The molecule has 26 heavy (non-hydrogen) atoms. The van der Waals surface area contributed by atoms with Crippen molar-refractivity contribution in [3.8, 4) is 0 Å². The van der Waals surface area contributed by atoms with E-state index < -0.39 is 15.6 Å². The number of benzene rings is 2. The Bertz CT molecular complexity index is 844. The normalized spacial score (nSPS) is 11.8. The van der Waals surface area contributed by atoms with Crippen LogP contribution in [0.1, 0.15) is 36.7 Å². The Hall–Kier alpha value is -2.34. The zero-order chi connectivity index (χ0) is 19.4. The number of amides is 1. The van der Waals surface area contributed by atoms with Gasteiger partial charge in [0.15, 0.2) is 0 Å². The van der Waals surface area contributed by atoms with Gasteiger partial charge in [-0.3, -0.25) is 9.10 Å². The van der Waals surface area contributed by atoms with Gasteiger partial charge in [-0.05, 0) is 57.0 Å². The van der Waals surface area contributed by atoms with Crippen LogP contribution in [0.2, 0.25) is 0 Å². The molecule has 0 aliphatic carbocycles. The van der Waals surface area contributed by atoms with Crippen molar-refractivity contribution in [3.05, 3.63) is 65.7 Å². The first-order valence-corrected chi connectivity index (χ1v) is 10.4. The van der Waals surface area contributed by atoms with Crippen molar-refractivity contribution in [2.45, 2.75) is 32.7 Å². The molecule has 1 amide bonds. The number of hydrogen-bond acceptors (Lipinski definition) is 3. The zero-order valence-corrected chi connectivity index (χ0v) is 16.5. The van der Waals surface area contributed by atoms with E-state index in [1.165, 1.54) is 10.6 Å². The number of anilines is 1. The van der Waals surface area contributed by atoms with Crippen LogP contribution >= 0.6 is 0 Å². The summed E-state index contributed by atoms with van der Waals surface area (Å²) >= 11 is 0. The van der Waals surface area contributed by atoms with Gasteiger partial charge in [0.2, 0.25) is 10.0 Å². The quantitative estimate of drug-likeness (QED) is 0.809. The van der Waals surface area contributed by atoms with Gasteiger partial charge in [0.05, 0.1) is 11.9 Å². The van der Waals surface area contributed by atoms with Crippen molar-refractivity contribution >= 4 is 21.6 Å². The maximum atomic E-state index is 12.6. The topological polar surface area (TPSA) is 66.5 Å². The van der Waals surface area contributed by atoms with Crippen LogP contribution in [0.25, 0.3) is 0 Å². The molecule has 1 N–H and O–H groups in total. The predicted molar refractivity (Wildman–Crippen MR) is 106 cm³/mol. The Labute approximate surface area is 156 Å². The first-order valence-electron chi connectivity index (χ1n) is 8.56. The highest BCUT2D eigenvalue weighted by Crippen LogP contribution is 2.19. The molecule has 0 atom stereocenters. The van der Waals surface area contributed by atoms with Crippen LogP contribution < -0.4 is 9.62 Å². The number of sulfonamides is 1. The molecular weight excluding hydrogens is 348 g/mol. The molecule has 0 aliphatic heterocycles. The van der Waals surface area contributed by atoms with Crippen LogP contribution in [0, 0.1) is 0 Å². The summed E-state index contributed by atoms with van der Waals surface area (Å²) in [4.78, 5) is 12.6. The molecule has 0 aromatic heterocycles. The Balaban J connectivity index is 2.10. The highest BCUT2D eigenvalue weighted by molar-refractivity contribution is 7.92. The fourth-order valence-corrected chi connectivity index (χ4v) is 3.89. The van der Waals surface area contributed by atoms with Gasteiger partial charge in [-0.1, -0.05) is 30.3 Å². The van der Waals surface area contributed by atoms with Gasteiger partial charge in [-0.25, -0.2) is 8.42 Å². The number of nitrogens with zero attached hydrogens (tertiary/aromatic N) is 1. The summed E-state index contributed by atoms with van der Waals surface area (Å²) in [7, 11) is -3.33. The summed E-state index contributed by atoms with van der Waals surface area (Å²) in [5.41, 5.74) is 1.80. The molecule has 0 bridgehead atoms. The van der Waals surface area contributed by atoms with Crippen LogP contribution in [-0.2, 0) is 16.4 Å². The summed E-state index contributed by atoms with van der Waals surface area (Å²) < 4.78 is 24.9. The standard InChI is InChI=1S/C20H26N2O3S/c1-5-22(26(4,24)25)18-13-11-17(12-14-18)19(23)21-20(2,3)15-16-9-7-6-8-10-16/h6-14H,5,15H2,1-4H3,(H,21,23). The van der Waals surface area contributed by atoms with E-state index in [9.17, 15) is 13.2 Å². The van der Waals surface area contributed by atoms with Gasteiger partial charge >= 0.3 is 0 Å². The van der Waals surface area contributed by atoms with Gasteiger partial charge in [0, 0.05) is 17.6 Å². The largest absolute Gasteiger partial charge is 0.347 e. The van der Waals surface area contributed by atoms with Crippen molar-refractivity contribution in [1.82, 2.24) is 5.32 Å². The second-order valence-corrected chi connectivity index (χ2v) is 8.88. The molecule has 0 aliphatic rings. The van der Waals surface area contributed by atoms with Crippen molar-refractivity contribution in [1.29, 1.82) is 0 Å². The summed E-state index contributed by atoms with van der Waals surface area (Å²) in [6, 6.07) is 16.6. The first kappa shape index (κ1) is 20.0. The summed E-state index contributed by atoms with van der Waals surface area (Å²) in [6.07, 6.45) is 1.89. The van der Waals surface area contributed by atoms with E-state index in [-0.39, 0.29) is 5.91 Å². The van der Waals surface area contributed by atoms with E-state index in [1.54, 1.807) is 31.2 Å². The number of nitrogens with one attached hydrogen (secondary N) is 1. The van der Waals surface area contributed by atoms with Crippen LogP contribution in [0.3, 0.4) is 0 Å². The van der Waals surface area contributed by atoms with Crippen molar-refractivity contribution in [2.75, 3.05) is 17.1 Å². The SMILES string of the molecule is CCN(c1ccc(C(=O)NC(C)(C)Cc2ccccc2)cc1)S(C)(=O)=O. The third kappa shape index (κ3) is 5.33. The maximum Gasteiger partial charge on any atom is 0.251 e. The fourth-order valence-electron chi connectivity index (χ4n) is 2.92. The minimum atomic E-state index is -3.33. The average molecular weight is 375 g/mol. The lowest BCUT2D eigenvalue weighted by Crippen LogP contribution is -2.45. The first-order chi connectivity index (χ1) is 12.1. The molecule has 2 aromatic rings. The Morgan fingerprint density at radius 2 is 1.62 bits per heavy atom. The molecule has 5 nitrogen and oxygen atoms in total. The molecule has 140 valence electrons. The van der Waals surface area contributed by atoms with E-state index in [4.69, 9.17) is 0 Å². The van der Waals surface area contributed by atoms with E-state index in [2.05, 4.69) is 5.32 Å². The van der Waals surface area contributed by atoms with Crippen molar-refractivity contribution in [2.24, 2.45) is 0 Å². The minimum Gasteiger partial charge on any atom is -0.347 e. The maximum absolute atomic E-state index is 12.6. The van der Waals surface area contributed by atoms with Crippen LogP contribution in [0.4, 0.5) is 5.69 Å². The lowest BCUT2D eigenvalue weighted by Gasteiger charge is -2.27. The van der Waals surface area contributed by atoms with Crippen LogP contribution in [0.5, 0.6) is 0 Å². The highest BCUT2D eigenvalue weighted by atomic mass is 32.2. The van der Waals surface area contributed by atoms with Gasteiger partial charge in [-0.15, -0.1) is 0 Å². The lowest BCUT2D eigenvalue weighted by atomic mass is 9.94. The predicted octanol–water partition coefficient (Wildman–Crippen LogP) is 3.22. The van der Waals surface area contributed by atoms with Crippen LogP contribution in [0.15, 0.2) is 54.6 Å². The average Bonchev–Trinajstić information content (AvgIpc) is 2.54. The molecule has 0 saturated heterocycles. The summed E-state index contributed by atoms with van der Waals surface area (Å²) in [6.45, 7) is 6.08. The van der Waals surface area contributed by atoms with Gasteiger partial charge in [-0.2, -0.15) is 0 Å². The van der Waals surface area contributed by atoms with Gasteiger partial charge in [0.1, 0.15) is 0 Å². The van der Waals surface area contributed by atoms with Gasteiger partial charge in [0.25, 0.3) is 5.91 Å². The second-order valence-electron chi connectivity index (χ2n) is 6.98. The van der Waals surface area contributed by atoms with Crippen molar-refractivity contribution in [3.63, 3.8) is 0 Å². The highest BCUT2D eigenvalue weighted by Gasteiger charge is 2.22. The number of carbonyl (C=O) groups is 1.